The molecule has 32 heavy (non-hydrogen) atoms. The van der Waals surface area contributed by atoms with Crippen molar-refractivity contribution in [2.75, 3.05) is 7.11 Å². The van der Waals surface area contributed by atoms with Gasteiger partial charge in [0.1, 0.15) is 22.7 Å². The second-order valence-corrected chi connectivity index (χ2v) is 8.38. The number of carbonyl (C=O) groups excluding carboxylic acids is 2. The summed E-state index contributed by atoms with van der Waals surface area (Å²) in [5.41, 5.74) is 0.777. The van der Waals surface area contributed by atoms with Gasteiger partial charge in [-0.15, -0.1) is 0 Å². The summed E-state index contributed by atoms with van der Waals surface area (Å²) < 4.78 is 6.92. The number of rotatable bonds is 8. The number of aromatic amines is 1. The summed E-state index contributed by atoms with van der Waals surface area (Å²) >= 11 is 0. The zero-order valence-electron chi connectivity index (χ0n) is 19.0. The topological polar surface area (TPSA) is 118 Å². The Bertz CT molecular complexity index is 1190. The number of amides is 2. The molecule has 2 aromatic heterocycles. The fourth-order valence-electron chi connectivity index (χ4n) is 3.33. The molecule has 0 saturated heterocycles. The molecule has 0 radical (unpaired) electrons. The van der Waals surface area contributed by atoms with Crippen LogP contribution in [0.3, 0.4) is 0 Å². The van der Waals surface area contributed by atoms with Gasteiger partial charge < -0.3 is 24.9 Å². The van der Waals surface area contributed by atoms with Crippen molar-refractivity contribution in [1.82, 2.24) is 25.2 Å². The highest BCUT2D eigenvalue weighted by Gasteiger charge is 2.20. The van der Waals surface area contributed by atoms with E-state index in [4.69, 9.17) is 4.74 Å². The molecule has 0 bridgehead atoms. The number of imidazole rings is 1. The Morgan fingerprint density at radius 1 is 1.12 bits per heavy atom. The number of nitrogens with zero attached hydrogens (tertiary/aromatic N) is 2. The van der Waals surface area contributed by atoms with Gasteiger partial charge in [-0.3, -0.25) is 14.4 Å². The molecule has 0 spiro atoms. The number of hydrogen-bond donors (Lipinski definition) is 3. The monoisotopic (exact) mass is 439 g/mol. The third kappa shape index (κ3) is 5.35. The van der Waals surface area contributed by atoms with Crippen LogP contribution in [-0.2, 0) is 13.1 Å². The van der Waals surface area contributed by atoms with Crippen LogP contribution in [0.5, 0.6) is 5.75 Å². The predicted molar refractivity (Wildman–Crippen MR) is 122 cm³/mol. The molecule has 0 aliphatic carbocycles. The van der Waals surface area contributed by atoms with E-state index in [9.17, 15) is 14.4 Å². The molecule has 0 unspecified atom stereocenters. The number of nitrogens with one attached hydrogen (secondary N) is 3. The Labute approximate surface area is 186 Å². The number of fused-ring (bicyclic) bond motifs is 1. The first-order chi connectivity index (χ1) is 15.2. The van der Waals surface area contributed by atoms with Crippen LogP contribution in [0.25, 0.3) is 11.0 Å². The van der Waals surface area contributed by atoms with E-state index in [-0.39, 0.29) is 29.6 Å². The largest absolute Gasteiger partial charge is 0.497 e. The highest BCUT2D eigenvalue weighted by atomic mass is 16.5. The van der Waals surface area contributed by atoms with Gasteiger partial charge in [0.2, 0.25) is 5.43 Å². The summed E-state index contributed by atoms with van der Waals surface area (Å²) in [6.45, 7) is 8.31. The summed E-state index contributed by atoms with van der Waals surface area (Å²) in [7, 11) is 1.58. The Morgan fingerprint density at radius 2 is 1.81 bits per heavy atom. The van der Waals surface area contributed by atoms with Crippen LogP contribution in [-0.4, -0.2) is 39.5 Å². The first-order valence-electron chi connectivity index (χ1n) is 10.5. The molecule has 0 saturated carbocycles. The molecular formula is C23H29N5O4. The molecule has 2 amide bonds. The fraction of sp³-hybridized carbons (Fsp3) is 0.391. The van der Waals surface area contributed by atoms with Gasteiger partial charge in [0.25, 0.3) is 11.8 Å². The van der Waals surface area contributed by atoms with Crippen LogP contribution in [0.2, 0.25) is 0 Å². The standard InChI is InChI=1S/C23H29N5O4/c1-13(2)10-28-11-16(21(29)17(12-28)23(31)25-14(3)4)22(30)24-9-20-26-18-7-6-15(32-5)8-19(18)27-20/h6-8,11-14H,9-10H2,1-5H3,(H,24,30)(H,25,31)(H,26,27). The lowest BCUT2D eigenvalue weighted by Crippen LogP contribution is -2.37. The van der Waals surface area contributed by atoms with Gasteiger partial charge in [-0.2, -0.15) is 0 Å². The van der Waals surface area contributed by atoms with E-state index in [0.717, 1.165) is 11.0 Å². The smallest absolute Gasteiger partial charge is 0.257 e. The van der Waals surface area contributed by atoms with Crippen molar-refractivity contribution in [1.29, 1.82) is 0 Å². The highest BCUT2D eigenvalue weighted by Crippen LogP contribution is 2.18. The fourth-order valence-corrected chi connectivity index (χ4v) is 3.33. The van der Waals surface area contributed by atoms with Crippen molar-refractivity contribution in [3.8, 4) is 5.75 Å². The number of carbonyl (C=O) groups is 2. The number of aromatic nitrogens is 3. The van der Waals surface area contributed by atoms with E-state index in [0.29, 0.717) is 18.1 Å². The normalized spacial score (nSPS) is 11.2. The van der Waals surface area contributed by atoms with Gasteiger partial charge in [-0.25, -0.2) is 4.98 Å². The van der Waals surface area contributed by atoms with Crippen molar-refractivity contribution >= 4 is 22.8 Å². The third-order valence-corrected chi connectivity index (χ3v) is 4.72. The van der Waals surface area contributed by atoms with Crippen LogP contribution in [0.1, 0.15) is 54.2 Å². The second-order valence-electron chi connectivity index (χ2n) is 8.38. The summed E-state index contributed by atoms with van der Waals surface area (Å²) in [5, 5.41) is 5.44. The molecule has 3 aromatic rings. The van der Waals surface area contributed by atoms with E-state index in [1.807, 2.05) is 39.8 Å². The molecule has 3 N–H and O–H groups in total. The SMILES string of the molecule is COc1ccc2nc(CNC(=O)c3cn(CC(C)C)cc(C(=O)NC(C)C)c3=O)[nH]c2c1. The molecule has 9 nitrogen and oxygen atoms in total. The molecule has 3 rings (SSSR count). The highest BCUT2D eigenvalue weighted by molar-refractivity contribution is 5.99. The third-order valence-electron chi connectivity index (χ3n) is 4.72. The van der Waals surface area contributed by atoms with Crippen LogP contribution >= 0.6 is 0 Å². The Balaban J connectivity index is 1.85. The number of hydrogen-bond acceptors (Lipinski definition) is 5. The molecule has 2 heterocycles. The Hall–Kier alpha value is -3.62. The van der Waals surface area contributed by atoms with Gasteiger partial charge in [0.15, 0.2) is 0 Å². The summed E-state index contributed by atoms with van der Waals surface area (Å²) in [5.74, 6) is 0.437. The Kier molecular flexibility index (Phi) is 6.97. The minimum Gasteiger partial charge on any atom is -0.497 e. The summed E-state index contributed by atoms with van der Waals surface area (Å²) in [6.07, 6.45) is 3.00. The average molecular weight is 440 g/mol. The molecule has 0 fully saturated rings. The van der Waals surface area contributed by atoms with E-state index in [1.165, 1.54) is 12.4 Å². The average Bonchev–Trinajstić information content (AvgIpc) is 3.14. The van der Waals surface area contributed by atoms with Crippen molar-refractivity contribution in [2.45, 2.75) is 46.8 Å². The van der Waals surface area contributed by atoms with E-state index in [2.05, 4.69) is 20.6 Å². The predicted octanol–water partition coefficient (Wildman–Crippen LogP) is 2.46. The Morgan fingerprint density at radius 3 is 2.44 bits per heavy atom. The molecule has 170 valence electrons. The maximum Gasteiger partial charge on any atom is 0.257 e. The van der Waals surface area contributed by atoms with Crippen molar-refractivity contribution in [3.05, 3.63) is 57.8 Å². The minimum absolute atomic E-state index is 0.0529. The van der Waals surface area contributed by atoms with E-state index < -0.39 is 17.2 Å². The maximum atomic E-state index is 12.9. The lowest BCUT2D eigenvalue weighted by Gasteiger charge is -2.15. The van der Waals surface area contributed by atoms with E-state index in [1.54, 1.807) is 17.7 Å². The number of H-pyrrole nitrogens is 1. The van der Waals surface area contributed by atoms with Gasteiger partial charge in [0, 0.05) is 31.0 Å². The minimum atomic E-state index is -0.602. The van der Waals surface area contributed by atoms with Crippen LogP contribution in [0.15, 0.2) is 35.4 Å². The lowest BCUT2D eigenvalue weighted by molar-refractivity contribution is 0.0941. The second kappa shape index (κ2) is 9.67. The number of benzene rings is 1. The van der Waals surface area contributed by atoms with Crippen LogP contribution < -0.4 is 20.8 Å². The number of methoxy groups -OCH3 is 1. The summed E-state index contributed by atoms with van der Waals surface area (Å²) in [6, 6.07) is 5.30. The molecule has 0 atom stereocenters. The number of pyridine rings is 1. The number of ether oxygens (including phenoxy) is 1. The van der Waals surface area contributed by atoms with Crippen LogP contribution in [0, 0.1) is 5.92 Å². The first kappa shape index (κ1) is 23.1. The van der Waals surface area contributed by atoms with Gasteiger partial charge in [-0.1, -0.05) is 13.8 Å². The van der Waals surface area contributed by atoms with Crippen molar-refractivity contribution in [3.63, 3.8) is 0 Å². The molecule has 1 aromatic carbocycles. The molecule has 9 heteroatoms. The summed E-state index contributed by atoms with van der Waals surface area (Å²) in [4.78, 5) is 45.9. The van der Waals surface area contributed by atoms with Gasteiger partial charge >= 0.3 is 0 Å². The van der Waals surface area contributed by atoms with Gasteiger partial charge in [0.05, 0.1) is 24.7 Å². The quantitative estimate of drug-likeness (QED) is 0.498. The molecule has 0 aliphatic rings. The van der Waals surface area contributed by atoms with Gasteiger partial charge in [-0.05, 0) is 31.9 Å². The zero-order chi connectivity index (χ0) is 23.4. The zero-order valence-corrected chi connectivity index (χ0v) is 19.0. The maximum absolute atomic E-state index is 12.9. The lowest BCUT2D eigenvalue weighted by atomic mass is 10.1. The molecule has 0 aliphatic heterocycles. The van der Waals surface area contributed by atoms with E-state index >= 15 is 0 Å². The molecular weight excluding hydrogens is 410 g/mol. The van der Waals surface area contributed by atoms with Crippen LogP contribution in [0.4, 0.5) is 0 Å². The van der Waals surface area contributed by atoms with Crippen molar-refractivity contribution in [2.24, 2.45) is 5.92 Å². The van der Waals surface area contributed by atoms with Crippen molar-refractivity contribution < 1.29 is 14.3 Å². The first-order valence-corrected chi connectivity index (χ1v) is 10.5.